The lowest BCUT2D eigenvalue weighted by atomic mass is 9.83. The molecule has 0 aromatic heterocycles. The van der Waals surface area contributed by atoms with Crippen molar-refractivity contribution in [2.75, 3.05) is 0 Å². The van der Waals surface area contributed by atoms with E-state index in [1.165, 1.54) is 29.5 Å². The second-order valence-corrected chi connectivity index (χ2v) is 4.15. The molecular weight excluding hydrogens is 160 g/mol. The van der Waals surface area contributed by atoms with Gasteiger partial charge < -0.3 is 0 Å². The van der Waals surface area contributed by atoms with Crippen molar-refractivity contribution >= 4 is 5.78 Å². The molecule has 0 spiro atoms. The number of benzene rings is 1. The quantitative estimate of drug-likeness (QED) is 0.586. The first kappa shape index (κ1) is 7.31. The summed E-state index contributed by atoms with van der Waals surface area (Å²) in [6.07, 6.45) is 3.85. The molecule has 2 aliphatic carbocycles. The standard InChI is InChI=1S/C12H12O/c13-11-6-9-3-1-2-8-4-5-10(7-11)12(8)9/h1-3,10H,4-7H2. The Labute approximate surface area is 77.8 Å². The largest absolute Gasteiger partial charge is 0.299 e. The Balaban J connectivity index is 2.22. The normalized spacial score (nSPS) is 24.6. The maximum atomic E-state index is 11.4. The van der Waals surface area contributed by atoms with Gasteiger partial charge in [-0.15, -0.1) is 0 Å². The Morgan fingerprint density at radius 2 is 2.08 bits per heavy atom. The topological polar surface area (TPSA) is 17.1 Å². The summed E-state index contributed by atoms with van der Waals surface area (Å²) in [5.74, 6) is 0.990. The number of carbonyl (C=O) groups excluding carboxylic acids is 1. The summed E-state index contributed by atoms with van der Waals surface area (Å²) < 4.78 is 0. The highest BCUT2D eigenvalue weighted by Gasteiger charge is 2.31. The molecule has 0 amide bonds. The van der Waals surface area contributed by atoms with Crippen LogP contribution in [0.1, 0.15) is 35.4 Å². The van der Waals surface area contributed by atoms with Gasteiger partial charge in [-0.3, -0.25) is 4.79 Å². The van der Waals surface area contributed by atoms with Crippen LogP contribution in [0.5, 0.6) is 0 Å². The van der Waals surface area contributed by atoms with Crippen LogP contribution in [0.3, 0.4) is 0 Å². The number of Topliss-reactive ketones (excluding diaryl/α,β-unsaturated/α-hetero) is 1. The van der Waals surface area contributed by atoms with Crippen molar-refractivity contribution in [1.82, 2.24) is 0 Å². The van der Waals surface area contributed by atoms with Crippen molar-refractivity contribution in [2.45, 2.75) is 31.6 Å². The van der Waals surface area contributed by atoms with Gasteiger partial charge in [0.25, 0.3) is 0 Å². The molecule has 1 aromatic carbocycles. The van der Waals surface area contributed by atoms with E-state index in [1.807, 2.05) is 0 Å². The van der Waals surface area contributed by atoms with Gasteiger partial charge in [0.2, 0.25) is 0 Å². The summed E-state index contributed by atoms with van der Waals surface area (Å²) in [5, 5.41) is 0. The minimum atomic E-state index is 0.427. The molecular formula is C12H12O. The summed E-state index contributed by atoms with van der Waals surface area (Å²) in [7, 11) is 0. The first-order chi connectivity index (χ1) is 6.34. The molecule has 0 saturated heterocycles. The molecule has 0 bridgehead atoms. The maximum absolute atomic E-state index is 11.4. The van der Waals surface area contributed by atoms with Crippen molar-refractivity contribution in [1.29, 1.82) is 0 Å². The smallest absolute Gasteiger partial charge is 0.137 e. The molecule has 1 unspecified atom stereocenters. The van der Waals surface area contributed by atoms with Crippen LogP contribution in [0.4, 0.5) is 0 Å². The van der Waals surface area contributed by atoms with Crippen molar-refractivity contribution in [2.24, 2.45) is 0 Å². The summed E-state index contributed by atoms with van der Waals surface area (Å²) in [6, 6.07) is 6.43. The van der Waals surface area contributed by atoms with Gasteiger partial charge in [-0.2, -0.15) is 0 Å². The molecule has 13 heavy (non-hydrogen) atoms. The van der Waals surface area contributed by atoms with Gasteiger partial charge in [-0.1, -0.05) is 18.2 Å². The van der Waals surface area contributed by atoms with Gasteiger partial charge in [0.05, 0.1) is 0 Å². The van der Waals surface area contributed by atoms with Crippen molar-refractivity contribution in [3.05, 3.63) is 34.9 Å². The molecule has 3 rings (SSSR count). The minimum Gasteiger partial charge on any atom is -0.299 e. The number of hydrogen-bond donors (Lipinski definition) is 0. The molecule has 2 aliphatic rings. The van der Waals surface area contributed by atoms with E-state index < -0.39 is 0 Å². The zero-order valence-corrected chi connectivity index (χ0v) is 7.55. The van der Waals surface area contributed by atoms with Gasteiger partial charge >= 0.3 is 0 Å². The monoisotopic (exact) mass is 172 g/mol. The Morgan fingerprint density at radius 3 is 3.00 bits per heavy atom. The van der Waals surface area contributed by atoms with Crippen LogP contribution in [0.25, 0.3) is 0 Å². The molecule has 0 aliphatic heterocycles. The van der Waals surface area contributed by atoms with Crippen molar-refractivity contribution < 1.29 is 4.79 Å². The minimum absolute atomic E-state index is 0.427. The zero-order chi connectivity index (χ0) is 8.84. The van der Waals surface area contributed by atoms with Gasteiger partial charge in [0, 0.05) is 12.8 Å². The van der Waals surface area contributed by atoms with E-state index in [4.69, 9.17) is 0 Å². The molecule has 0 N–H and O–H groups in total. The van der Waals surface area contributed by atoms with E-state index in [2.05, 4.69) is 18.2 Å². The lowest BCUT2D eigenvalue weighted by molar-refractivity contribution is -0.119. The average molecular weight is 172 g/mol. The maximum Gasteiger partial charge on any atom is 0.137 e. The summed E-state index contributed by atoms with van der Waals surface area (Å²) in [6.45, 7) is 0. The van der Waals surface area contributed by atoms with Crippen LogP contribution in [-0.4, -0.2) is 5.78 Å². The lowest BCUT2D eigenvalue weighted by Gasteiger charge is -2.20. The van der Waals surface area contributed by atoms with E-state index in [0.717, 1.165) is 6.42 Å². The zero-order valence-electron chi connectivity index (χ0n) is 7.55. The second kappa shape index (κ2) is 2.44. The predicted octanol–water partition coefficient (Wildman–Crippen LogP) is 2.23. The molecule has 1 aromatic rings. The number of rotatable bonds is 0. The van der Waals surface area contributed by atoms with Gasteiger partial charge in [-0.05, 0) is 35.4 Å². The Kier molecular flexibility index (Phi) is 1.37. The predicted molar refractivity (Wildman–Crippen MR) is 50.8 cm³/mol. The molecule has 1 heteroatoms. The molecule has 1 atom stereocenters. The molecule has 0 saturated carbocycles. The molecule has 0 fully saturated rings. The number of aryl methyl sites for hydroxylation is 1. The van der Waals surface area contributed by atoms with Gasteiger partial charge in [-0.25, -0.2) is 0 Å². The lowest BCUT2D eigenvalue weighted by Crippen LogP contribution is -2.16. The molecule has 66 valence electrons. The van der Waals surface area contributed by atoms with E-state index in [1.54, 1.807) is 0 Å². The van der Waals surface area contributed by atoms with Gasteiger partial charge in [0.15, 0.2) is 0 Å². The van der Waals surface area contributed by atoms with E-state index in [0.29, 0.717) is 18.1 Å². The van der Waals surface area contributed by atoms with Crippen LogP contribution in [0.2, 0.25) is 0 Å². The fraction of sp³-hybridized carbons (Fsp3) is 0.417. The fourth-order valence-corrected chi connectivity index (χ4v) is 2.80. The van der Waals surface area contributed by atoms with E-state index in [9.17, 15) is 4.79 Å². The average Bonchev–Trinajstić information content (AvgIpc) is 2.50. The third-order valence-electron chi connectivity index (χ3n) is 3.32. The highest BCUT2D eigenvalue weighted by atomic mass is 16.1. The van der Waals surface area contributed by atoms with Crippen LogP contribution >= 0.6 is 0 Å². The Hall–Kier alpha value is -1.11. The number of ketones is 1. The second-order valence-electron chi connectivity index (χ2n) is 4.15. The first-order valence-corrected chi connectivity index (χ1v) is 4.97. The molecule has 0 heterocycles. The van der Waals surface area contributed by atoms with Crippen LogP contribution < -0.4 is 0 Å². The molecule has 0 radical (unpaired) electrons. The molecule has 1 nitrogen and oxygen atoms in total. The van der Waals surface area contributed by atoms with E-state index >= 15 is 0 Å². The van der Waals surface area contributed by atoms with Crippen LogP contribution in [0.15, 0.2) is 18.2 Å². The summed E-state index contributed by atoms with van der Waals surface area (Å²) in [4.78, 5) is 11.4. The summed E-state index contributed by atoms with van der Waals surface area (Å²) in [5.41, 5.74) is 4.31. The fourth-order valence-electron chi connectivity index (χ4n) is 2.80. The first-order valence-electron chi connectivity index (χ1n) is 4.97. The van der Waals surface area contributed by atoms with Gasteiger partial charge in [0.1, 0.15) is 5.78 Å². The SMILES string of the molecule is O=C1Cc2cccc3c2C(CC3)C1. The summed E-state index contributed by atoms with van der Waals surface area (Å²) >= 11 is 0. The highest BCUT2D eigenvalue weighted by molar-refractivity contribution is 5.84. The third-order valence-corrected chi connectivity index (χ3v) is 3.32. The highest BCUT2D eigenvalue weighted by Crippen LogP contribution is 2.41. The Bertz CT molecular complexity index is 379. The number of carbonyl (C=O) groups is 1. The third kappa shape index (κ3) is 0.963. The van der Waals surface area contributed by atoms with E-state index in [-0.39, 0.29) is 0 Å². The van der Waals surface area contributed by atoms with Crippen LogP contribution in [-0.2, 0) is 17.6 Å². The Morgan fingerprint density at radius 1 is 1.23 bits per heavy atom. The van der Waals surface area contributed by atoms with Crippen LogP contribution in [0, 0.1) is 0 Å². The number of hydrogen-bond acceptors (Lipinski definition) is 1. The van der Waals surface area contributed by atoms with Crippen molar-refractivity contribution in [3.63, 3.8) is 0 Å². The van der Waals surface area contributed by atoms with Crippen molar-refractivity contribution in [3.8, 4) is 0 Å².